The number of nitrogens with one attached hydrogen (secondary N) is 1. The van der Waals surface area contributed by atoms with Crippen molar-refractivity contribution in [2.24, 2.45) is 0 Å². The van der Waals surface area contributed by atoms with Gasteiger partial charge in [0.15, 0.2) is 0 Å². The molecule has 0 fully saturated rings. The van der Waals surface area contributed by atoms with Gasteiger partial charge in [-0.25, -0.2) is 0 Å². The molecule has 0 heterocycles. The third kappa shape index (κ3) is 4.38. The van der Waals surface area contributed by atoms with Crippen LogP contribution in [0.15, 0.2) is 47.4 Å². The van der Waals surface area contributed by atoms with Gasteiger partial charge in [-0.3, -0.25) is 9.59 Å². The Morgan fingerprint density at radius 2 is 1.83 bits per heavy atom. The number of ether oxygens (including phenoxy) is 1. The maximum Gasteiger partial charge on any atom is 0.321 e. The molecule has 0 atom stereocenters. The summed E-state index contributed by atoms with van der Waals surface area (Å²) in [7, 11) is 0. The van der Waals surface area contributed by atoms with Crippen LogP contribution in [0.25, 0.3) is 0 Å². The Hall–Kier alpha value is -2.27. The van der Waals surface area contributed by atoms with Gasteiger partial charge in [0.25, 0.3) is 0 Å². The van der Waals surface area contributed by atoms with Crippen molar-refractivity contribution in [1.82, 2.24) is 0 Å². The number of carbonyl (C=O) groups is 2. The number of carbonyl (C=O) groups excluding carboxylic acids is 2. The van der Waals surface area contributed by atoms with Crippen LogP contribution < -0.4 is 10.1 Å². The number of anilines is 1. The summed E-state index contributed by atoms with van der Waals surface area (Å²) in [4.78, 5) is 24.0. The van der Waals surface area contributed by atoms with E-state index in [9.17, 15) is 9.59 Å². The first kappa shape index (κ1) is 16.6. The van der Waals surface area contributed by atoms with Crippen molar-refractivity contribution in [2.45, 2.75) is 31.1 Å². The maximum absolute atomic E-state index is 12.0. The molecule has 1 N–H and O–H groups in total. The van der Waals surface area contributed by atoms with Gasteiger partial charge in [0, 0.05) is 17.5 Å². The minimum atomic E-state index is -0.284. The second kappa shape index (κ2) is 7.53. The molecule has 5 heteroatoms. The van der Waals surface area contributed by atoms with Crippen molar-refractivity contribution in [3.8, 4) is 5.75 Å². The number of benzene rings is 2. The summed E-state index contributed by atoms with van der Waals surface area (Å²) in [6.07, 6.45) is 3.52. The lowest BCUT2D eigenvalue weighted by molar-refractivity contribution is -0.131. The van der Waals surface area contributed by atoms with Gasteiger partial charge in [0.1, 0.15) is 5.75 Å². The van der Waals surface area contributed by atoms with Gasteiger partial charge in [-0.2, -0.15) is 0 Å². The van der Waals surface area contributed by atoms with E-state index in [1.807, 2.05) is 0 Å². The smallest absolute Gasteiger partial charge is 0.321 e. The van der Waals surface area contributed by atoms with Crippen LogP contribution in [-0.2, 0) is 22.4 Å². The van der Waals surface area contributed by atoms with E-state index in [1.165, 1.54) is 36.2 Å². The van der Waals surface area contributed by atoms with Crippen LogP contribution in [0.3, 0.4) is 0 Å². The number of aryl methyl sites for hydroxylation is 2. The fraction of sp³-hybridized carbons (Fsp3) is 0.263. The van der Waals surface area contributed by atoms with E-state index in [0.717, 1.165) is 17.7 Å². The highest BCUT2D eigenvalue weighted by atomic mass is 32.2. The third-order valence-corrected chi connectivity index (χ3v) is 4.80. The summed E-state index contributed by atoms with van der Waals surface area (Å²) in [5, 5.41) is 2.67. The van der Waals surface area contributed by atoms with E-state index >= 15 is 0 Å². The largest absolute Gasteiger partial charge is 0.426 e. The predicted octanol–water partition coefficient (Wildman–Crippen LogP) is 3.83. The van der Waals surface area contributed by atoms with Crippen LogP contribution in [0.2, 0.25) is 0 Å². The molecule has 4 nitrogen and oxygen atoms in total. The zero-order chi connectivity index (χ0) is 16.9. The average Bonchev–Trinajstić information content (AvgIpc) is 3.02. The van der Waals surface area contributed by atoms with Gasteiger partial charge in [-0.15, -0.1) is 11.8 Å². The van der Waals surface area contributed by atoms with Gasteiger partial charge in [-0.05, 0) is 66.8 Å². The number of fused-ring (bicyclic) bond motifs is 1. The minimum absolute atomic E-state index is 0.134. The number of amides is 1. The third-order valence-electron chi connectivity index (χ3n) is 3.83. The molecule has 2 aromatic carbocycles. The first-order valence-electron chi connectivity index (χ1n) is 7.93. The van der Waals surface area contributed by atoms with Crippen LogP contribution in [0.4, 0.5) is 5.69 Å². The molecule has 0 aliphatic heterocycles. The Bertz CT molecular complexity index is 756. The van der Waals surface area contributed by atoms with Crippen molar-refractivity contribution in [3.63, 3.8) is 0 Å². The molecular weight excluding hydrogens is 322 g/mol. The molecule has 1 amide bonds. The summed E-state index contributed by atoms with van der Waals surface area (Å²) in [6.45, 7) is 1.45. The second-order valence-corrected chi connectivity index (χ2v) is 6.80. The van der Waals surface area contributed by atoms with E-state index in [2.05, 4.69) is 23.5 Å². The molecule has 1 aliphatic carbocycles. The lowest BCUT2D eigenvalue weighted by Crippen LogP contribution is -2.11. The first-order chi connectivity index (χ1) is 11.6. The number of thioether (sulfide) groups is 1. The number of esters is 1. The molecule has 124 valence electrons. The molecule has 0 unspecified atom stereocenters. The fourth-order valence-electron chi connectivity index (χ4n) is 2.75. The Morgan fingerprint density at radius 1 is 1.08 bits per heavy atom. The van der Waals surface area contributed by atoms with Gasteiger partial charge in [0.05, 0.1) is 5.75 Å². The SMILES string of the molecule is CC(=O)Nc1ccc(OC(=O)CSc2ccc3c(c2)CCC3)cc1. The maximum atomic E-state index is 12.0. The van der Waals surface area contributed by atoms with Crippen molar-refractivity contribution >= 4 is 29.3 Å². The predicted molar refractivity (Wildman–Crippen MR) is 95.6 cm³/mol. The number of hydrogen-bond donors (Lipinski definition) is 1. The molecular formula is C19H19NO3S. The molecule has 2 aromatic rings. The average molecular weight is 341 g/mol. The van der Waals surface area contributed by atoms with Crippen molar-refractivity contribution in [2.75, 3.05) is 11.1 Å². The first-order valence-corrected chi connectivity index (χ1v) is 8.91. The monoisotopic (exact) mass is 341 g/mol. The standard InChI is InChI=1S/C19H19NO3S/c1-13(21)20-16-6-8-17(9-7-16)23-19(22)12-24-18-10-5-14-3-2-4-15(14)11-18/h5-11H,2-4,12H2,1H3,(H,20,21). The highest BCUT2D eigenvalue weighted by Gasteiger charge is 2.12. The molecule has 0 bridgehead atoms. The summed E-state index contributed by atoms with van der Waals surface area (Å²) in [5.74, 6) is 0.327. The topological polar surface area (TPSA) is 55.4 Å². The van der Waals surface area contributed by atoms with Gasteiger partial charge in [0.2, 0.25) is 5.91 Å². The summed E-state index contributed by atoms with van der Waals surface area (Å²) in [6, 6.07) is 13.2. The van der Waals surface area contributed by atoms with Crippen LogP contribution in [0.5, 0.6) is 5.75 Å². The molecule has 24 heavy (non-hydrogen) atoms. The molecule has 0 saturated carbocycles. The Morgan fingerprint density at radius 3 is 2.58 bits per heavy atom. The van der Waals surface area contributed by atoms with E-state index in [-0.39, 0.29) is 17.6 Å². The van der Waals surface area contributed by atoms with Crippen LogP contribution in [0.1, 0.15) is 24.5 Å². The summed E-state index contributed by atoms with van der Waals surface area (Å²) < 4.78 is 5.32. The van der Waals surface area contributed by atoms with Crippen LogP contribution in [0, 0.1) is 0 Å². The molecule has 0 aromatic heterocycles. The van der Waals surface area contributed by atoms with Crippen LogP contribution >= 0.6 is 11.8 Å². The minimum Gasteiger partial charge on any atom is -0.426 e. The Balaban J connectivity index is 1.51. The van der Waals surface area contributed by atoms with Gasteiger partial charge < -0.3 is 10.1 Å². The van der Waals surface area contributed by atoms with E-state index in [1.54, 1.807) is 24.3 Å². The van der Waals surface area contributed by atoms with E-state index in [0.29, 0.717) is 11.4 Å². The fourth-order valence-corrected chi connectivity index (χ4v) is 3.48. The van der Waals surface area contributed by atoms with E-state index < -0.39 is 0 Å². The quantitative estimate of drug-likeness (QED) is 0.510. The highest BCUT2D eigenvalue weighted by molar-refractivity contribution is 8.00. The van der Waals surface area contributed by atoms with Crippen molar-refractivity contribution < 1.29 is 14.3 Å². The number of rotatable bonds is 5. The van der Waals surface area contributed by atoms with Crippen molar-refractivity contribution in [1.29, 1.82) is 0 Å². The molecule has 3 rings (SSSR count). The van der Waals surface area contributed by atoms with Gasteiger partial charge in [-0.1, -0.05) is 6.07 Å². The zero-order valence-corrected chi connectivity index (χ0v) is 14.3. The Kier molecular flexibility index (Phi) is 5.20. The zero-order valence-electron chi connectivity index (χ0n) is 13.5. The molecule has 1 aliphatic rings. The van der Waals surface area contributed by atoms with Crippen molar-refractivity contribution in [3.05, 3.63) is 53.6 Å². The number of hydrogen-bond acceptors (Lipinski definition) is 4. The summed E-state index contributed by atoms with van der Waals surface area (Å²) in [5.41, 5.74) is 3.51. The highest BCUT2D eigenvalue weighted by Crippen LogP contribution is 2.27. The van der Waals surface area contributed by atoms with Crippen LogP contribution in [-0.4, -0.2) is 17.6 Å². The lowest BCUT2D eigenvalue weighted by atomic mass is 10.1. The molecule has 0 radical (unpaired) electrons. The Labute approximate surface area is 145 Å². The normalized spacial score (nSPS) is 12.5. The second-order valence-electron chi connectivity index (χ2n) is 5.75. The summed E-state index contributed by atoms with van der Waals surface area (Å²) >= 11 is 1.49. The van der Waals surface area contributed by atoms with E-state index in [4.69, 9.17) is 4.74 Å². The molecule has 0 spiro atoms. The van der Waals surface area contributed by atoms with Gasteiger partial charge >= 0.3 is 5.97 Å². The molecule has 0 saturated heterocycles. The lowest BCUT2D eigenvalue weighted by Gasteiger charge is -2.07.